The number of pyridine rings is 1. The van der Waals surface area contributed by atoms with E-state index >= 15 is 0 Å². The molecule has 3 unspecified atom stereocenters. The Bertz CT molecular complexity index is 869. The normalized spacial score (nSPS) is 22.5. The van der Waals surface area contributed by atoms with Gasteiger partial charge in [0.25, 0.3) is 11.8 Å². The number of rotatable bonds is 6. The van der Waals surface area contributed by atoms with Crippen LogP contribution in [0.5, 0.6) is 11.6 Å². The number of methoxy groups -OCH3 is 1. The summed E-state index contributed by atoms with van der Waals surface area (Å²) in [6.07, 6.45) is -0.976. The van der Waals surface area contributed by atoms with Crippen LogP contribution in [0.25, 0.3) is 10.2 Å². The molecular weight excluding hydrogens is 361 g/mol. The van der Waals surface area contributed by atoms with Gasteiger partial charge in [0, 0.05) is 10.8 Å². The molecule has 2 aromatic heterocycles. The van der Waals surface area contributed by atoms with Crippen LogP contribution in [0.15, 0.2) is 6.07 Å². The average Bonchev–Trinajstić information content (AvgIpc) is 3.06. The van der Waals surface area contributed by atoms with Crippen molar-refractivity contribution in [3.8, 4) is 11.6 Å². The summed E-state index contributed by atoms with van der Waals surface area (Å²) >= 11 is 1.41. The minimum atomic E-state index is -1.51. The standard InChI is InChI=1S/C17H20FN3O4S/c1-4-8-10(20-16(23)12(8)18)6-25-14-7(2)26-11-5-9(15(19)22)17(24-3)21-13(11)14/h5,8,10,12H,4,6H2,1-3H3,(H2,19,22)(H,20,23). The van der Waals surface area contributed by atoms with Gasteiger partial charge in [0.15, 0.2) is 11.9 Å². The number of alkyl halides is 1. The van der Waals surface area contributed by atoms with E-state index < -0.39 is 29.9 Å². The molecule has 1 fully saturated rings. The summed E-state index contributed by atoms with van der Waals surface area (Å²) in [6, 6.07) is 1.22. The Labute approximate surface area is 153 Å². The molecule has 0 spiro atoms. The first kappa shape index (κ1) is 18.4. The van der Waals surface area contributed by atoms with Gasteiger partial charge in [-0.2, -0.15) is 0 Å². The molecule has 2 aromatic rings. The fourth-order valence-corrected chi connectivity index (χ4v) is 4.19. The molecule has 1 aliphatic heterocycles. The predicted octanol–water partition coefficient (Wildman–Crippen LogP) is 1.95. The van der Waals surface area contributed by atoms with Crippen molar-refractivity contribution in [2.75, 3.05) is 13.7 Å². The van der Waals surface area contributed by atoms with Gasteiger partial charge >= 0.3 is 0 Å². The van der Waals surface area contributed by atoms with E-state index in [-0.39, 0.29) is 18.1 Å². The molecule has 0 aromatic carbocycles. The first-order valence-electron chi connectivity index (χ1n) is 8.22. The van der Waals surface area contributed by atoms with Gasteiger partial charge in [0.1, 0.15) is 17.7 Å². The number of aryl methyl sites for hydroxylation is 1. The second-order valence-corrected chi connectivity index (χ2v) is 7.40. The van der Waals surface area contributed by atoms with Crippen molar-refractivity contribution in [2.24, 2.45) is 11.7 Å². The summed E-state index contributed by atoms with van der Waals surface area (Å²) < 4.78 is 25.7. The maximum atomic E-state index is 13.9. The van der Waals surface area contributed by atoms with Crippen LogP contribution in [-0.2, 0) is 4.79 Å². The quantitative estimate of drug-likeness (QED) is 0.796. The van der Waals surface area contributed by atoms with Crippen molar-refractivity contribution in [1.82, 2.24) is 10.3 Å². The van der Waals surface area contributed by atoms with Crippen LogP contribution in [0.3, 0.4) is 0 Å². The van der Waals surface area contributed by atoms with Gasteiger partial charge < -0.3 is 20.5 Å². The number of primary amides is 1. The highest BCUT2D eigenvalue weighted by atomic mass is 32.1. The number of nitrogens with one attached hydrogen (secondary N) is 1. The second-order valence-electron chi connectivity index (χ2n) is 6.14. The van der Waals surface area contributed by atoms with Crippen molar-refractivity contribution < 1.29 is 23.5 Å². The number of nitrogens with zero attached hydrogens (tertiary/aromatic N) is 1. The molecule has 3 atom stereocenters. The van der Waals surface area contributed by atoms with E-state index in [1.807, 2.05) is 13.8 Å². The molecule has 3 rings (SSSR count). The molecule has 140 valence electrons. The number of hydrogen-bond donors (Lipinski definition) is 2. The van der Waals surface area contributed by atoms with E-state index in [0.717, 1.165) is 9.58 Å². The molecule has 3 heterocycles. The van der Waals surface area contributed by atoms with Crippen LogP contribution >= 0.6 is 11.3 Å². The third-order valence-electron chi connectivity index (χ3n) is 4.56. The molecule has 0 radical (unpaired) electrons. The Morgan fingerprint density at radius 1 is 1.50 bits per heavy atom. The predicted molar refractivity (Wildman–Crippen MR) is 95.5 cm³/mol. The smallest absolute Gasteiger partial charge is 0.255 e. The highest BCUT2D eigenvalue weighted by molar-refractivity contribution is 7.19. The SMILES string of the molecule is CCC1C(COc2c(C)sc3cc(C(N)=O)c(OC)nc23)NC(=O)C1F. The van der Waals surface area contributed by atoms with Crippen LogP contribution in [0.2, 0.25) is 0 Å². The molecule has 3 N–H and O–H groups in total. The van der Waals surface area contributed by atoms with Crippen molar-refractivity contribution >= 4 is 33.4 Å². The number of halogens is 1. The van der Waals surface area contributed by atoms with Crippen LogP contribution in [-0.4, -0.2) is 42.7 Å². The highest BCUT2D eigenvalue weighted by Gasteiger charge is 2.41. The monoisotopic (exact) mass is 381 g/mol. The number of carbonyl (C=O) groups is 2. The fourth-order valence-electron chi connectivity index (χ4n) is 3.20. The second kappa shape index (κ2) is 7.06. The Kier molecular flexibility index (Phi) is 4.99. The fraction of sp³-hybridized carbons (Fsp3) is 0.471. The van der Waals surface area contributed by atoms with Gasteiger partial charge in [-0.3, -0.25) is 9.59 Å². The van der Waals surface area contributed by atoms with Gasteiger partial charge in [-0.15, -0.1) is 11.3 Å². The van der Waals surface area contributed by atoms with Crippen LogP contribution in [0.4, 0.5) is 4.39 Å². The highest BCUT2D eigenvalue weighted by Crippen LogP contribution is 2.39. The van der Waals surface area contributed by atoms with E-state index in [1.165, 1.54) is 18.4 Å². The molecule has 0 aliphatic carbocycles. The van der Waals surface area contributed by atoms with Crippen LogP contribution < -0.4 is 20.5 Å². The lowest BCUT2D eigenvalue weighted by Crippen LogP contribution is -2.34. The maximum Gasteiger partial charge on any atom is 0.255 e. The number of amides is 2. The van der Waals surface area contributed by atoms with E-state index in [9.17, 15) is 14.0 Å². The minimum absolute atomic E-state index is 0.122. The minimum Gasteiger partial charge on any atom is -0.488 e. The third kappa shape index (κ3) is 3.07. The van der Waals surface area contributed by atoms with E-state index in [4.69, 9.17) is 15.2 Å². The van der Waals surface area contributed by atoms with Gasteiger partial charge in [-0.1, -0.05) is 6.92 Å². The van der Waals surface area contributed by atoms with E-state index in [2.05, 4.69) is 10.3 Å². The topological polar surface area (TPSA) is 104 Å². The number of fused-ring (bicyclic) bond motifs is 1. The number of nitrogens with two attached hydrogens (primary N) is 1. The molecule has 1 saturated heterocycles. The number of hydrogen-bond acceptors (Lipinski definition) is 6. The summed E-state index contributed by atoms with van der Waals surface area (Å²) in [5.74, 6) is -0.985. The molecule has 7 nitrogen and oxygen atoms in total. The Hall–Kier alpha value is -2.42. The average molecular weight is 381 g/mol. The molecule has 0 bridgehead atoms. The molecule has 2 amide bonds. The first-order valence-corrected chi connectivity index (χ1v) is 9.04. The van der Waals surface area contributed by atoms with Gasteiger partial charge in [-0.25, -0.2) is 9.37 Å². The number of carbonyl (C=O) groups excluding carboxylic acids is 2. The summed E-state index contributed by atoms with van der Waals surface area (Å²) in [4.78, 5) is 28.3. The lowest BCUT2D eigenvalue weighted by atomic mass is 9.97. The van der Waals surface area contributed by atoms with Crippen molar-refractivity contribution in [2.45, 2.75) is 32.5 Å². The number of thiophene rings is 1. The van der Waals surface area contributed by atoms with Crippen LogP contribution in [0, 0.1) is 12.8 Å². The molecule has 1 aliphatic rings. The number of aromatic nitrogens is 1. The van der Waals surface area contributed by atoms with Gasteiger partial charge in [-0.05, 0) is 19.4 Å². The maximum absolute atomic E-state index is 13.9. The van der Waals surface area contributed by atoms with Crippen molar-refractivity contribution in [3.05, 3.63) is 16.5 Å². The molecular formula is C17H20FN3O4S. The zero-order valence-electron chi connectivity index (χ0n) is 14.7. The lowest BCUT2D eigenvalue weighted by Gasteiger charge is -2.18. The van der Waals surface area contributed by atoms with Gasteiger partial charge in [0.2, 0.25) is 5.88 Å². The third-order valence-corrected chi connectivity index (χ3v) is 5.58. The zero-order chi connectivity index (χ0) is 19.0. The molecule has 9 heteroatoms. The van der Waals surface area contributed by atoms with E-state index in [0.29, 0.717) is 17.7 Å². The van der Waals surface area contributed by atoms with Gasteiger partial charge in [0.05, 0.1) is 17.9 Å². The number of ether oxygens (including phenoxy) is 2. The van der Waals surface area contributed by atoms with E-state index in [1.54, 1.807) is 6.07 Å². The summed E-state index contributed by atoms with van der Waals surface area (Å²) in [5, 5.41) is 2.64. The largest absolute Gasteiger partial charge is 0.488 e. The van der Waals surface area contributed by atoms with Crippen molar-refractivity contribution in [3.63, 3.8) is 0 Å². The summed E-state index contributed by atoms with van der Waals surface area (Å²) in [7, 11) is 1.40. The first-order chi connectivity index (χ1) is 12.4. The van der Waals surface area contributed by atoms with Crippen LogP contribution in [0.1, 0.15) is 28.6 Å². The summed E-state index contributed by atoms with van der Waals surface area (Å²) in [6.45, 7) is 3.84. The van der Waals surface area contributed by atoms with Crippen molar-refractivity contribution in [1.29, 1.82) is 0 Å². The summed E-state index contributed by atoms with van der Waals surface area (Å²) in [5.41, 5.74) is 6.10. The molecule has 26 heavy (non-hydrogen) atoms. The Morgan fingerprint density at radius 3 is 2.85 bits per heavy atom. The zero-order valence-corrected chi connectivity index (χ0v) is 15.5. The Morgan fingerprint density at radius 2 is 2.23 bits per heavy atom. The molecule has 0 saturated carbocycles. The lowest BCUT2D eigenvalue weighted by molar-refractivity contribution is -0.123. The Balaban J connectivity index is 1.90.